The van der Waals surface area contributed by atoms with E-state index in [1.807, 2.05) is 0 Å². The molecule has 1 aromatic carbocycles. The molecule has 0 fully saturated rings. The van der Waals surface area contributed by atoms with Crippen molar-refractivity contribution in [2.75, 3.05) is 0 Å². The van der Waals surface area contributed by atoms with Gasteiger partial charge >= 0.3 is 0 Å². The van der Waals surface area contributed by atoms with Crippen LogP contribution in [0, 0.1) is 5.82 Å². The van der Waals surface area contributed by atoms with Gasteiger partial charge in [-0.15, -0.1) is 0 Å². The molecule has 0 saturated heterocycles. The Balaban J connectivity index is 3.30. The van der Waals surface area contributed by atoms with Gasteiger partial charge in [0.15, 0.2) is 12.1 Å². The lowest BCUT2D eigenvalue weighted by molar-refractivity contribution is 0.111. The van der Waals surface area contributed by atoms with Crippen molar-refractivity contribution in [2.24, 2.45) is 0 Å². The maximum absolute atomic E-state index is 12.8. The topological polar surface area (TPSA) is 17.1 Å². The van der Waals surface area contributed by atoms with E-state index in [-0.39, 0.29) is 6.29 Å². The lowest BCUT2D eigenvalue weighted by Gasteiger charge is -2.03. The van der Waals surface area contributed by atoms with Crippen molar-refractivity contribution in [1.29, 1.82) is 0 Å². The quantitative estimate of drug-likeness (QED) is 0.682. The van der Waals surface area contributed by atoms with Crippen LogP contribution in [-0.4, -0.2) is 6.29 Å². The van der Waals surface area contributed by atoms with Crippen LogP contribution in [0.5, 0.6) is 0 Å². The van der Waals surface area contributed by atoms with Gasteiger partial charge < -0.3 is 0 Å². The SMILES string of the molecule is O=Cc1cc(C(F)F)cc(Cl)c1F. The van der Waals surface area contributed by atoms with E-state index in [4.69, 9.17) is 11.6 Å². The molecule has 0 aromatic heterocycles. The smallest absolute Gasteiger partial charge is 0.263 e. The molecule has 0 aliphatic heterocycles. The number of benzene rings is 1. The summed E-state index contributed by atoms with van der Waals surface area (Å²) in [6, 6.07) is 1.58. The number of alkyl halides is 2. The average molecular weight is 209 g/mol. The third-order valence-electron chi connectivity index (χ3n) is 1.46. The van der Waals surface area contributed by atoms with E-state index in [9.17, 15) is 18.0 Å². The molecule has 1 aromatic rings. The monoisotopic (exact) mass is 208 g/mol. The number of halogens is 4. The number of hydrogen-bond acceptors (Lipinski definition) is 1. The molecule has 0 heterocycles. The zero-order valence-electron chi connectivity index (χ0n) is 6.23. The van der Waals surface area contributed by atoms with Gasteiger partial charge in [-0.3, -0.25) is 4.79 Å². The maximum Gasteiger partial charge on any atom is 0.263 e. The Labute approximate surface area is 77.1 Å². The van der Waals surface area contributed by atoms with Crippen LogP contribution in [0.25, 0.3) is 0 Å². The van der Waals surface area contributed by atoms with E-state index < -0.39 is 28.4 Å². The van der Waals surface area contributed by atoms with Gasteiger partial charge in [-0.2, -0.15) is 0 Å². The van der Waals surface area contributed by atoms with Gasteiger partial charge in [0.1, 0.15) is 0 Å². The molecule has 0 atom stereocenters. The van der Waals surface area contributed by atoms with Gasteiger partial charge in [0.25, 0.3) is 6.43 Å². The molecule has 0 spiro atoms. The van der Waals surface area contributed by atoms with Gasteiger partial charge in [0.2, 0.25) is 0 Å². The summed E-state index contributed by atoms with van der Waals surface area (Å²) in [4.78, 5) is 10.2. The van der Waals surface area contributed by atoms with Gasteiger partial charge in [-0.1, -0.05) is 11.6 Å². The van der Waals surface area contributed by atoms with Crippen molar-refractivity contribution in [2.45, 2.75) is 6.43 Å². The van der Waals surface area contributed by atoms with Crippen LogP contribution in [0.3, 0.4) is 0 Å². The molecule has 0 aliphatic carbocycles. The Bertz CT molecular complexity index is 338. The first-order valence-corrected chi connectivity index (χ1v) is 3.66. The highest BCUT2D eigenvalue weighted by molar-refractivity contribution is 6.31. The second kappa shape index (κ2) is 3.79. The molecule has 1 rings (SSSR count). The predicted molar refractivity (Wildman–Crippen MR) is 41.8 cm³/mol. The molecule has 0 saturated carbocycles. The lowest BCUT2D eigenvalue weighted by atomic mass is 10.1. The van der Waals surface area contributed by atoms with Crippen LogP contribution >= 0.6 is 11.6 Å². The fourth-order valence-corrected chi connectivity index (χ4v) is 1.08. The fraction of sp³-hybridized carbons (Fsp3) is 0.125. The largest absolute Gasteiger partial charge is 0.298 e. The summed E-state index contributed by atoms with van der Waals surface area (Å²) >= 11 is 5.27. The van der Waals surface area contributed by atoms with Crippen LogP contribution < -0.4 is 0 Å². The van der Waals surface area contributed by atoms with Gasteiger partial charge in [-0.25, -0.2) is 13.2 Å². The molecule has 0 radical (unpaired) electrons. The number of aldehydes is 1. The second-order valence-electron chi connectivity index (χ2n) is 2.32. The number of carbonyl (C=O) groups is 1. The third kappa shape index (κ3) is 2.01. The van der Waals surface area contributed by atoms with Crippen molar-refractivity contribution in [3.8, 4) is 0 Å². The minimum atomic E-state index is -2.77. The molecular weight excluding hydrogens is 205 g/mol. The van der Waals surface area contributed by atoms with Crippen LogP contribution in [0.1, 0.15) is 22.3 Å². The summed E-state index contributed by atoms with van der Waals surface area (Å²) in [5.74, 6) is -0.971. The van der Waals surface area contributed by atoms with Crippen molar-refractivity contribution in [1.82, 2.24) is 0 Å². The Hall–Kier alpha value is -1.03. The highest BCUT2D eigenvalue weighted by atomic mass is 35.5. The standard InChI is InChI=1S/C8H4ClF3O/c9-6-2-4(8(11)12)1-5(3-13)7(6)10/h1-3,8H. The Morgan fingerprint density at radius 1 is 1.38 bits per heavy atom. The first-order chi connectivity index (χ1) is 6.06. The average Bonchev–Trinajstić information content (AvgIpc) is 2.09. The van der Waals surface area contributed by atoms with Crippen LogP contribution in [0.15, 0.2) is 12.1 Å². The highest BCUT2D eigenvalue weighted by Gasteiger charge is 2.14. The Kier molecular flexibility index (Phi) is 2.93. The maximum atomic E-state index is 12.8. The third-order valence-corrected chi connectivity index (χ3v) is 1.73. The summed E-state index contributed by atoms with van der Waals surface area (Å²) in [6.07, 6.45) is -2.62. The minimum Gasteiger partial charge on any atom is -0.298 e. The number of carbonyl (C=O) groups excluding carboxylic acids is 1. The van der Waals surface area contributed by atoms with Gasteiger partial charge in [0, 0.05) is 5.56 Å². The van der Waals surface area contributed by atoms with Crippen LogP contribution in [0.4, 0.5) is 13.2 Å². The Morgan fingerprint density at radius 2 is 2.00 bits per heavy atom. The van der Waals surface area contributed by atoms with Gasteiger partial charge in [0.05, 0.1) is 10.6 Å². The van der Waals surface area contributed by atoms with E-state index in [0.29, 0.717) is 0 Å². The summed E-state index contributed by atoms with van der Waals surface area (Å²) < 4.78 is 37.0. The van der Waals surface area contributed by atoms with E-state index in [1.54, 1.807) is 0 Å². The lowest BCUT2D eigenvalue weighted by Crippen LogP contribution is -1.93. The zero-order chi connectivity index (χ0) is 10.0. The summed E-state index contributed by atoms with van der Waals surface area (Å²) in [6.45, 7) is 0. The van der Waals surface area contributed by atoms with Crippen molar-refractivity contribution in [3.05, 3.63) is 34.1 Å². The summed E-state index contributed by atoms with van der Waals surface area (Å²) in [7, 11) is 0. The van der Waals surface area contributed by atoms with Crippen molar-refractivity contribution >= 4 is 17.9 Å². The minimum absolute atomic E-state index is 0.146. The van der Waals surface area contributed by atoms with Crippen LogP contribution in [-0.2, 0) is 0 Å². The van der Waals surface area contributed by atoms with Gasteiger partial charge in [-0.05, 0) is 12.1 Å². The van der Waals surface area contributed by atoms with Crippen molar-refractivity contribution < 1.29 is 18.0 Å². The normalized spacial score (nSPS) is 10.5. The molecular formula is C8H4ClF3O. The zero-order valence-corrected chi connectivity index (χ0v) is 6.99. The molecule has 0 amide bonds. The van der Waals surface area contributed by atoms with E-state index in [2.05, 4.69) is 0 Å². The molecule has 70 valence electrons. The molecule has 1 nitrogen and oxygen atoms in total. The first kappa shape index (κ1) is 10.1. The molecule has 0 N–H and O–H groups in total. The molecule has 0 unspecified atom stereocenters. The first-order valence-electron chi connectivity index (χ1n) is 3.28. The molecule has 5 heteroatoms. The van der Waals surface area contributed by atoms with E-state index in [1.165, 1.54) is 0 Å². The van der Waals surface area contributed by atoms with E-state index >= 15 is 0 Å². The Morgan fingerprint density at radius 3 is 2.46 bits per heavy atom. The fourth-order valence-electron chi connectivity index (χ4n) is 0.844. The van der Waals surface area contributed by atoms with Crippen LogP contribution in [0.2, 0.25) is 5.02 Å². The second-order valence-corrected chi connectivity index (χ2v) is 2.73. The summed E-state index contributed by atoms with van der Waals surface area (Å²) in [5, 5.41) is -0.472. The number of hydrogen-bond donors (Lipinski definition) is 0. The molecule has 0 aliphatic rings. The van der Waals surface area contributed by atoms with Crippen molar-refractivity contribution in [3.63, 3.8) is 0 Å². The predicted octanol–water partition coefficient (Wildman–Crippen LogP) is 3.23. The molecule has 0 bridgehead atoms. The number of rotatable bonds is 2. The van der Waals surface area contributed by atoms with E-state index in [0.717, 1.165) is 12.1 Å². The summed E-state index contributed by atoms with van der Waals surface area (Å²) in [5.41, 5.74) is -0.920. The molecule has 13 heavy (non-hydrogen) atoms. The highest BCUT2D eigenvalue weighted by Crippen LogP contribution is 2.26.